The zero-order chi connectivity index (χ0) is 8.72. The van der Waals surface area contributed by atoms with Crippen molar-refractivity contribution in [3.05, 3.63) is 17.5 Å². The van der Waals surface area contributed by atoms with Crippen molar-refractivity contribution < 1.29 is 4.52 Å². The van der Waals surface area contributed by atoms with Gasteiger partial charge in [0.25, 0.3) is 0 Å². The van der Waals surface area contributed by atoms with E-state index in [2.05, 4.69) is 15.3 Å². The second-order valence-electron chi connectivity index (χ2n) is 2.82. The van der Waals surface area contributed by atoms with E-state index in [-0.39, 0.29) is 0 Å². The molecule has 0 unspecified atom stereocenters. The van der Waals surface area contributed by atoms with Crippen LogP contribution in [-0.2, 0) is 7.05 Å². The van der Waals surface area contributed by atoms with Gasteiger partial charge in [0.05, 0.1) is 17.0 Å². The van der Waals surface area contributed by atoms with Gasteiger partial charge >= 0.3 is 5.78 Å². The van der Waals surface area contributed by atoms with Crippen LogP contribution >= 0.6 is 0 Å². The Labute approximate surface area is 69.6 Å². The summed E-state index contributed by atoms with van der Waals surface area (Å²) in [5, 5.41) is 8.21. The summed E-state index contributed by atoms with van der Waals surface area (Å²) in [5.41, 5.74) is 2.20. The van der Waals surface area contributed by atoms with Crippen LogP contribution < -0.4 is 4.52 Å². The Kier molecular flexibility index (Phi) is 1.33. The predicted octanol–water partition coefficient (Wildman–Crippen LogP) is -0.434. The minimum Gasteiger partial charge on any atom is -0.108 e. The van der Waals surface area contributed by atoms with Gasteiger partial charge in [-0.05, 0) is 13.8 Å². The summed E-state index contributed by atoms with van der Waals surface area (Å²) in [5.74, 6) is 0.639. The number of nitrogens with zero attached hydrogens (tertiary/aromatic N) is 5. The first-order chi connectivity index (χ1) is 5.68. The van der Waals surface area contributed by atoms with Crippen LogP contribution in [0, 0.1) is 13.8 Å². The van der Waals surface area contributed by atoms with E-state index in [9.17, 15) is 0 Å². The lowest BCUT2D eigenvalue weighted by atomic mass is 10.3. The molecule has 0 fully saturated rings. The molecule has 0 aliphatic carbocycles. The highest BCUT2D eigenvalue weighted by Gasteiger charge is 2.12. The summed E-state index contributed by atoms with van der Waals surface area (Å²) in [4.78, 5) is 5.64. The van der Waals surface area contributed by atoms with Gasteiger partial charge in [0.2, 0.25) is 0 Å². The smallest absolute Gasteiger partial charge is 0.108 e. The topological polar surface area (TPSA) is 47.7 Å². The Balaban J connectivity index is 2.89. The first kappa shape index (κ1) is 7.15. The third-order valence-electron chi connectivity index (χ3n) is 1.90. The molecule has 0 bridgehead atoms. The molecule has 5 heteroatoms. The molecule has 12 heavy (non-hydrogen) atoms. The summed E-state index contributed by atoms with van der Waals surface area (Å²) in [6.07, 6.45) is 1.80. The van der Waals surface area contributed by atoms with Crippen LogP contribution in [0.5, 0.6) is 0 Å². The molecular weight excluding hydrogens is 154 g/mol. The second-order valence-corrected chi connectivity index (χ2v) is 2.82. The Morgan fingerprint density at radius 1 is 1.42 bits per heavy atom. The maximum atomic E-state index is 4.13. The van der Waals surface area contributed by atoms with Crippen LogP contribution in [0.15, 0.2) is 6.20 Å². The van der Waals surface area contributed by atoms with Crippen molar-refractivity contribution in [2.24, 2.45) is 7.05 Å². The van der Waals surface area contributed by atoms with E-state index in [1.807, 2.05) is 13.8 Å². The largest absolute Gasteiger partial charge is 0.439 e. The Morgan fingerprint density at radius 3 is 2.92 bits per heavy atom. The predicted molar refractivity (Wildman–Crippen MR) is 41.4 cm³/mol. The standard InChI is InChI=1S/C7H10N5/c1-5-4-8-7-9-11(3)10-12(7)6(5)2/h4H,1-3H3/q+1. The molecule has 0 aliphatic heterocycles. The lowest BCUT2D eigenvalue weighted by molar-refractivity contribution is -0.594. The van der Waals surface area contributed by atoms with Crippen molar-refractivity contribution in [1.82, 2.24) is 20.1 Å². The zero-order valence-electron chi connectivity index (χ0n) is 7.31. The van der Waals surface area contributed by atoms with E-state index < -0.39 is 0 Å². The van der Waals surface area contributed by atoms with E-state index in [1.54, 1.807) is 17.8 Å². The van der Waals surface area contributed by atoms with Crippen molar-refractivity contribution in [2.75, 3.05) is 0 Å². The van der Waals surface area contributed by atoms with Crippen LogP contribution in [0.3, 0.4) is 0 Å². The second kappa shape index (κ2) is 2.23. The van der Waals surface area contributed by atoms with Crippen molar-refractivity contribution in [2.45, 2.75) is 13.8 Å². The normalized spacial score (nSPS) is 10.9. The van der Waals surface area contributed by atoms with Gasteiger partial charge in [0, 0.05) is 10.8 Å². The van der Waals surface area contributed by atoms with Crippen molar-refractivity contribution in [3.63, 3.8) is 0 Å². The fourth-order valence-corrected chi connectivity index (χ4v) is 1.07. The van der Waals surface area contributed by atoms with Gasteiger partial charge in [0.1, 0.15) is 7.05 Å². The van der Waals surface area contributed by atoms with Crippen molar-refractivity contribution >= 4 is 5.78 Å². The molecule has 2 aromatic heterocycles. The molecule has 2 aromatic rings. The van der Waals surface area contributed by atoms with Crippen LogP contribution in [0.4, 0.5) is 0 Å². The maximum absolute atomic E-state index is 4.13. The van der Waals surface area contributed by atoms with Crippen LogP contribution in [0.25, 0.3) is 5.78 Å². The summed E-state index contributed by atoms with van der Waals surface area (Å²) in [6, 6.07) is 0. The molecule has 2 rings (SSSR count). The molecule has 0 aliphatic rings. The number of fused-ring (bicyclic) bond motifs is 1. The molecule has 62 valence electrons. The third kappa shape index (κ3) is 0.861. The molecule has 0 saturated heterocycles. The van der Waals surface area contributed by atoms with Gasteiger partial charge in [-0.25, -0.2) is 0 Å². The van der Waals surface area contributed by atoms with Gasteiger partial charge in [-0.15, -0.1) is 4.98 Å². The number of aromatic nitrogens is 5. The minimum atomic E-state index is 0.639. The highest BCUT2D eigenvalue weighted by atomic mass is 15.6. The van der Waals surface area contributed by atoms with Crippen molar-refractivity contribution in [3.8, 4) is 0 Å². The summed E-state index contributed by atoms with van der Waals surface area (Å²) in [6.45, 7) is 4.00. The van der Waals surface area contributed by atoms with Crippen LogP contribution in [0.2, 0.25) is 0 Å². The van der Waals surface area contributed by atoms with E-state index in [0.29, 0.717) is 5.78 Å². The fourth-order valence-electron chi connectivity index (χ4n) is 1.07. The Bertz CT molecular complexity index is 431. The van der Waals surface area contributed by atoms with Crippen LogP contribution in [-0.4, -0.2) is 20.1 Å². The first-order valence-electron chi connectivity index (χ1n) is 3.74. The first-order valence-corrected chi connectivity index (χ1v) is 3.74. The molecular formula is C7H10N5+. The maximum Gasteiger partial charge on any atom is 0.439 e. The SMILES string of the molecule is Cc1cnc2nn(C)n[n+]2c1C. The lowest BCUT2D eigenvalue weighted by Crippen LogP contribution is -2.30. The molecule has 2 heterocycles. The number of rotatable bonds is 0. The molecule has 0 saturated carbocycles. The van der Waals surface area contributed by atoms with E-state index in [4.69, 9.17) is 0 Å². The molecule has 0 atom stereocenters. The van der Waals surface area contributed by atoms with E-state index in [1.165, 1.54) is 4.80 Å². The monoisotopic (exact) mass is 164 g/mol. The molecule has 0 amide bonds. The number of tetrazole rings is 1. The molecule has 5 nitrogen and oxygen atoms in total. The summed E-state index contributed by atoms with van der Waals surface area (Å²) in [7, 11) is 1.78. The third-order valence-corrected chi connectivity index (χ3v) is 1.90. The molecule has 0 N–H and O–H groups in total. The van der Waals surface area contributed by atoms with Gasteiger partial charge in [-0.1, -0.05) is 9.31 Å². The highest BCUT2D eigenvalue weighted by molar-refractivity contribution is 5.17. The number of hydrogen-bond donors (Lipinski definition) is 0. The Hall–Kier alpha value is -1.52. The van der Waals surface area contributed by atoms with Gasteiger partial charge in [0.15, 0.2) is 0 Å². The van der Waals surface area contributed by atoms with Crippen LogP contribution in [0.1, 0.15) is 11.3 Å². The fraction of sp³-hybridized carbons (Fsp3) is 0.429. The van der Waals surface area contributed by atoms with Gasteiger partial charge < -0.3 is 0 Å². The van der Waals surface area contributed by atoms with Crippen molar-refractivity contribution in [1.29, 1.82) is 0 Å². The average molecular weight is 164 g/mol. The number of hydrogen-bond acceptors (Lipinski definition) is 3. The van der Waals surface area contributed by atoms with Gasteiger partial charge in [-0.2, -0.15) is 0 Å². The molecule has 0 radical (unpaired) electrons. The molecule has 0 spiro atoms. The quantitative estimate of drug-likeness (QED) is 0.496. The van der Waals surface area contributed by atoms with Gasteiger partial charge in [-0.3, -0.25) is 0 Å². The molecule has 0 aromatic carbocycles. The average Bonchev–Trinajstić information content (AvgIpc) is 2.39. The van der Waals surface area contributed by atoms with E-state index >= 15 is 0 Å². The number of aryl methyl sites for hydroxylation is 3. The zero-order valence-corrected chi connectivity index (χ0v) is 7.31. The summed E-state index contributed by atoms with van der Waals surface area (Å²) >= 11 is 0. The van der Waals surface area contributed by atoms with E-state index in [0.717, 1.165) is 11.3 Å². The highest BCUT2D eigenvalue weighted by Crippen LogP contribution is 1.97. The lowest BCUT2D eigenvalue weighted by Gasteiger charge is -1.91. The summed E-state index contributed by atoms with van der Waals surface area (Å²) < 4.78 is 1.73. The Morgan fingerprint density at radius 2 is 2.17 bits per heavy atom. The minimum absolute atomic E-state index is 0.639.